The quantitative estimate of drug-likeness (QED) is 0.721. The molecule has 0 fully saturated rings. The molecule has 3 rings (SSSR count). The Labute approximate surface area is 143 Å². The van der Waals surface area contributed by atoms with Crippen molar-refractivity contribution in [2.45, 2.75) is 6.54 Å². The van der Waals surface area contributed by atoms with Crippen molar-refractivity contribution in [3.8, 4) is 22.1 Å². The number of carbonyl (C=O) groups excluding carboxylic acids is 1. The Bertz CT molecular complexity index is 827. The standard InChI is InChI=1S/C17H17N3O3S/c1-22-12-5-6-15(23-2)11(8-12)10-18-17(21)14-9-13(19-20-14)16-4-3-7-24-16/h3-9H,10H2,1-2H3,(H,18,21)(H,19,20). The van der Waals surface area contributed by atoms with Crippen LogP contribution in [0.5, 0.6) is 11.5 Å². The fourth-order valence-electron chi connectivity index (χ4n) is 2.28. The van der Waals surface area contributed by atoms with Crippen molar-refractivity contribution in [3.63, 3.8) is 0 Å². The molecule has 0 saturated heterocycles. The number of H-pyrrole nitrogens is 1. The van der Waals surface area contributed by atoms with Crippen LogP contribution in [0, 0.1) is 0 Å². The molecule has 2 aromatic heterocycles. The van der Waals surface area contributed by atoms with Crippen LogP contribution in [0.15, 0.2) is 41.8 Å². The molecule has 0 radical (unpaired) electrons. The number of thiophene rings is 1. The molecule has 0 bridgehead atoms. The van der Waals surface area contributed by atoms with Crippen LogP contribution < -0.4 is 14.8 Å². The molecular formula is C17H17N3O3S. The average Bonchev–Trinajstić information content (AvgIpc) is 3.30. The second-order valence-electron chi connectivity index (χ2n) is 5.00. The molecule has 0 atom stereocenters. The van der Waals surface area contributed by atoms with E-state index < -0.39 is 0 Å². The third-order valence-corrected chi connectivity index (χ3v) is 4.43. The van der Waals surface area contributed by atoms with Crippen LogP contribution in [-0.2, 0) is 6.54 Å². The van der Waals surface area contributed by atoms with Gasteiger partial charge in [0.1, 0.15) is 11.5 Å². The third-order valence-electron chi connectivity index (χ3n) is 3.52. The summed E-state index contributed by atoms with van der Waals surface area (Å²) in [5.74, 6) is 1.15. The van der Waals surface area contributed by atoms with E-state index in [1.54, 1.807) is 31.6 Å². The number of amides is 1. The molecule has 0 aliphatic carbocycles. The molecule has 0 spiro atoms. The molecule has 2 N–H and O–H groups in total. The van der Waals surface area contributed by atoms with Crippen LogP contribution in [-0.4, -0.2) is 30.3 Å². The van der Waals surface area contributed by atoms with Gasteiger partial charge in [0.25, 0.3) is 5.91 Å². The van der Waals surface area contributed by atoms with Crippen LogP contribution in [0.1, 0.15) is 16.1 Å². The highest BCUT2D eigenvalue weighted by atomic mass is 32.1. The van der Waals surface area contributed by atoms with Crippen LogP contribution in [0.2, 0.25) is 0 Å². The van der Waals surface area contributed by atoms with Gasteiger partial charge in [0.15, 0.2) is 5.69 Å². The van der Waals surface area contributed by atoms with E-state index in [1.165, 1.54) is 0 Å². The highest BCUT2D eigenvalue weighted by molar-refractivity contribution is 7.13. The van der Waals surface area contributed by atoms with Crippen molar-refractivity contribution in [3.05, 3.63) is 53.0 Å². The van der Waals surface area contributed by atoms with Gasteiger partial charge in [-0.05, 0) is 35.7 Å². The third kappa shape index (κ3) is 3.41. The number of methoxy groups -OCH3 is 2. The number of aromatic nitrogens is 2. The van der Waals surface area contributed by atoms with Crippen molar-refractivity contribution in [2.24, 2.45) is 0 Å². The summed E-state index contributed by atoms with van der Waals surface area (Å²) in [7, 11) is 3.19. The summed E-state index contributed by atoms with van der Waals surface area (Å²) < 4.78 is 10.5. The maximum atomic E-state index is 12.3. The molecule has 24 heavy (non-hydrogen) atoms. The number of hydrogen-bond acceptors (Lipinski definition) is 5. The van der Waals surface area contributed by atoms with Crippen LogP contribution in [0.25, 0.3) is 10.6 Å². The van der Waals surface area contributed by atoms with E-state index in [4.69, 9.17) is 9.47 Å². The minimum Gasteiger partial charge on any atom is -0.497 e. The summed E-state index contributed by atoms with van der Waals surface area (Å²) in [6, 6.07) is 11.1. The summed E-state index contributed by atoms with van der Waals surface area (Å²) in [6.07, 6.45) is 0. The van der Waals surface area contributed by atoms with Gasteiger partial charge in [-0.1, -0.05) is 6.07 Å². The van der Waals surface area contributed by atoms with E-state index in [9.17, 15) is 4.79 Å². The molecule has 7 heteroatoms. The highest BCUT2D eigenvalue weighted by Gasteiger charge is 2.13. The predicted octanol–water partition coefficient (Wildman–Crippen LogP) is 3.09. The summed E-state index contributed by atoms with van der Waals surface area (Å²) in [6.45, 7) is 0.320. The van der Waals surface area contributed by atoms with Gasteiger partial charge in [-0.15, -0.1) is 11.3 Å². The van der Waals surface area contributed by atoms with Crippen molar-refractivity contribution in [2.75, 3.05) is 14.2 Å². The van der Waals surface area contributed by atoms with Crippen molar-refractivity contribution in [1.29, 1.82) is 0 Å². The fourth-order valence-corrected chi connectivity index (χ4v) is 2.97. The van der Waals surface area contributed by atoms with Gasteiger partial charge in [-0.2, -0.15) is 5.10 Å². The second-order valence-corrected chi connectivity index (χ2v) is 5.95. The Balaban J connectivity index is 1.70. The lowest BCUT2D eigenvalue weighted by Crippen LogP contribution is -2.23. The topological polar surface area (TPSA) is 76.2 Å². The number of nitrogens with zero attached hydrogens (tertiary/aromatic N) is 1. The second kappa shape index (κ2) is 7.18. The fraction of sp³-hybridized carbons (Fsp3) is 0.176. The zero-order valence-corrected chi connectivity index (χ0v) is 14.1. The van der Waals surface area contributed by atoms with Crippen LogP contribution in [0.3, 0.4) is 0 Å². The van der Waals surface area contributed by atoms with Crippen molar-refractivity contribution >= 4 is 17.2 Å². The summed E-state index contributed by atoms with van der Waals surface area (Å²) in [5.41, 5.74) is 2.01. The SMILES string of the molecule is COc1ccc(OC)c(CNC(=O)c2cc(-c3cccs3)[nH]n2)c1. The number of carbonyl (C=O) groups is 1. The smallest absolute Gasteiger partial charge is 0.272 e. The zero-order valence-electron chi connectivity index (χ0n) is 13.3. The zero-order chi connectivity index (χ0) is 16.9. The lowest BCUT2D eigenvalue weighted by Gasteiger charge is -2.10. The Morgan fingerprint density at radius 3 is 2.83 bits per heavy atom. The first-order valence-corrected chi connectivity index (χ1v) is 8.17. The molecule has 2 heterocycles. The maximum Gasteiger partial charge on any atom is 0.272 e. The molecule has 124 valence electrons. The number of ether oxygens (including phenoxy) is 2. The predicted molar refractivity (Wildman–Crippen MR) is 92.6 cm³/mol. The lowest BCUT2D eigenvalue weighted by molar-refractivity contribution is 0.0945. The first kappa shape index (κ1) is 16.1. The molecule has 1 amide bonds. The van der Waals surface area contributed by atoms with Crippen LogP contribution >= 0.6 is 11.3 Å². The normalized spacial score (nSPS) is 10.4. The van der Waals surface area contributed by atoms with E-state index in [0.717, 1.165) is 16.1 Å². The molecule has 1 aromatic carbocycles. The van der Waals surface area contributed by atoms with Crippen molar-refractivity contribution < 1.29 is 14.3 Å². The van der Waals surface area contributed by atoms with E-state index in [2.05, 4.69) is 15.5 Å². The molecule has 3 aromatic rings. The Hall–Kier alpha value is -2.80. The minimum absolute atomic E-state index is 0.251. The summed E-state index contributed by atoms with van der Waals surface area (Å²) in [4.78, 5) is 13.3. The molecule has 6 nitrogen and oxygen atoms in total. The summed E-state index contributed by atoms with van der Waals surface area (Å²) >= 11 is 1.59. The molecule has 0 unspecified atom stereocenters. The number of benzene rings is 1. The average molecular weight is 343 g/mol. The minimum atomic E-state index is -0.251. The number of hydrogen-bond donors (Lipinski definition) is 2. The maximum absolute atomic E-state index is 12.3. The van der Waals surface area contributed by atoms with Gasteiger partial charge in [-0.3, -0.25) is 9.89 Å². The van der Waals surface area contributed by atoms with E-state index >= 15 is 0 Å². The first-order valence-electron chi connectivity index (χ1n) is 7.29. The Kier molecular flexibility index (Phi) is 4.81. The van der Waals surface area contributed by atoms with Gasteiger partial charge < -0.3 is 14.8 Å². The van der Waals surface area contributed by atoms with Crippen LogP contribution in [0.4, 0.5) is 0 Å². The molecule has 0 aliphatic rings. The van der Waals surface area contributed by atoms with Gasteiger partial charge in [-0.25, -0.2) is 0 Å². The first-order chi connectivity index (χ1) is 11.7. The molecule has 0 aliphatic heterocycles. The van der Waals surface area contributed by atoms with Crippen molar-refractivity contribution in [1.82, 2.24) is 15.5 Å². The monoisotopic (exact) mass is 343 g/mol. The van der Waals surface area contributed by atoms with Gasteiger partial charge in [0.2, 0.25) is 0 Å². The number of aromatic amines is 1. The lowest BCUT2D eigenvalue weighted by atomic mass is 10.2. The largest absolute Gasteiger partial charge is 0.497 e. The van der Waals surface area contributed by atoms with E-state index in [-0.39, 0.29) is 5.91 Å². The Morgan fingerprint density at radius 2 is 2.12 bits per heavy atom. The Morgan fingerprint density at radius 1 is 1.25 bits per heavy atom. The molecule has 0 saturated carbocycles. The summed E-state index contributed by atoms with van der Waals surface area (Å²) in [5, 5.41) is 11.8. The molecular weight excluding hydrogens is 326 g/mol. The highest BCUT2D eigenvalue weighted by Crippen LogP contribution is 2.24. The van der Waals surface area contributed by atoms with E-state index in [0.29, 0.717) is 23.7 Å². The van der Waals surface area contributed by atoms with Gasteiger partial charge in [0.05, 0.1) is 24.8 Å². The number of rotatable bonds is 6. The van der Waals surface area contributed by atoms with E-state index in [1.807, 2.05) is 35.7 Å². The number of nitrogens with one attached hydrogen (secondary N) is 2. The van der Waals surface area contributed by atoms with Gasteiger partial charge >= 0.3 is 0 Å². The van der Waals surface area contributed by atoms with Gasteiger partial charge in [0, 0.05) is 12.1 Å².